The van der Waals surface area contributed by atoms with E-state index >= 15 is 0 Å². The Morgan fingerprint density at radius 2 is 1.88 bits per heavy atom. The summed E-state index contributed by atoms with van der Waals surface area (Å²) in [6.45, 7) is 3.70. The maximum atomic E-state index is 12.2. The van der Waals surface area contributed by atoms with Gasteiger partial charge in [-0.05, 0) is 37.8 Å². The molecule has 1 aromatic carbocycles. The number of halogens is 1. The van der Waals surface area contributed by atoms with Crippen LogP contribution in [0.3, 0.4) is 0 Å². The lowest BCUT2D eigenvalue weighted by Crippen LogP contribution is -2.40. The second-order valence-electron chi connectivity index (χ2n) is 4.67. The van der Waals surface area contributed by atoms with Crippen molar-refractivity contribution in [2.24, 2.45) is 5.92 Å². The van der Waals surface area contributed by atoms with Gasteiger partial charge < -0.3 is 4.90 Å². The standard InChI is InChI=1S/C14H18ClNO/c1-11(15)12-7-9-16(10-8-12)14(17)13-5-3-2-4-6-13/h2-6,11-12H,7-10H2,1H3. The molecule has 0 bridgehead atoms. The van der Waals surface area contributed by atoms with Crippen molar-refractivity contribution in [3.63, 3.8) is 0 Å². The number of benzene rings is 1. The van der Waals surface area contributed by atoms with E-state index in [1.54, 1.807) is 0 Å². The van der Waals surface area contributed by atoms with Gasteiger partial charge in [0.2, 0.25) is 0 Å². The fourth-order valence-electron chi connectivity index (χ4n) is 2.33. The van der Waals surface area contributed by atoms with Gasteiger partial charge in [0.15, 0.2) is 0 Å². The van der Waals surface area contributed by atoms with Crippen LogP contribution >= 0.6 is 11.6 Å². The number of carbonyl (C=O) groups is 1. The highest BCUT2D eigenvalue weighted by molar-refractivity contribution is 6.20. The summed E-state index contributed by atoms with van der Waals surface area (Å²) in [5.41, 5.74) is 0.782. The Hall–Kier alpha value is -1.02. The Morgan fingerprint density at radius 3 is 2.41 bits per heavy atom. The molecule has 1 aromatic rings. The van der Waals surface area contributed by atoms with E-state index in [9.17, 15) is 4.79 Å². The van der Waals surface area contributed by atoms with Crippen molar-refractivity contribution < 1.29 is 4.79 Å². The first-order valence-electron chi connectivity index (χ1n) is 6.17. The van der Waals surface area contributed by atoms with Crippen molar-refractivity contribution in [2.45, 2.75) is 25.1 Å². The molecule has 0 N–H and O–H groups in total. The number of piperidine rings is 1. The lowest BCUT2D eigenvalue weighted by Gasteiger charge is -2.33. The van der Waals surface area contributed by atoms with Gasteiger partial charge in [-0.15, -0.1) is 11.6 Å². The first kappa shape index (κ1) is 12.4. The normalized spacial score (nSPS) is 19.1. The van der Waals surface area contributed by atoms with Crippen molar-refractivity contribution in [1.82, 2.24) is 4.90 Å². The third-order valence-electron chi connectivity index (χ3n) is 3.50. The van der Waals surface area contributed by atoms with E-state index in [4.69, 9.17) is 11.6 Å². The smallest absolute Gasteiger partial charge is 0.253 e. The molecule has 2 rings (SSSR count). The third-order valence-corrected chi connectivity index (χ3v) is 3.85. The summed E-state index contributed by atoms with van der Waals surface area (Å²) in [4.78, 5) is 14.1. The van der Waals surface area contributed by atoms with E-state index in [0.29, 0.717) is 5.92 Å². The average molecular weight is 252 g/mol. The van der Waals surface area contributed by atoms with Gasteiger partial charge in [0, 0.05) is 24.0 Å². The van der Waals surface area contributed by atoms with Crippen LogP contribution in [0.5, 0.6) is 0 Å². The van der Waals surface area contributed by atoms with E-state index in [1.165, 1.54) is 0 Å². The average Bonchev–Trinajstić information content (AvgIpc) is 2.39. The molecule has 1 aliphatic heterocycles. The summed E-state index contributed by atoms with van der Waals surface area (Å²) in [5, 5.41) is 0.212. The maximum Gasteiger partial charge on any atom is 0.253 e. The molecule has 2 nitrogen and oxygen atoms in total. The summed E-state index contributed by atoms with van der Waals surface area (Å²) in [7, 11) is 0. The first-order chi connectivity index (χ1) is 8.18. The van der Waals surface area contributed by atoms with Gasteiger partial charge in [0.25, 0.3) is 5.91 Å². The van der Waals surface area contributed by atoms with Crippen LogP contribution in [-0.4, -0.2) is 29.3 Å². The predicted octanol–water partition coefficient (Wildman–Crippen LogP) is 3.17. The Morgan fingerprint density at radius 1 is 1.29 bits per heavy atom. The van der Waals surface area contributed by atoms with Gasteiger partial charge in [-0.1, -0.05) is 18.2 Å². The van der Waals surface area contributed by atoms with Crippen LogP contribution in [0.15, 0.2) is 30.3 Å². The molecule has 1 amide bonds. The zero-order chi connectivity index (χ0) is 12.3. The summed E-state index contributed by atoms with van der Waals surface area (Å²) in [5.74, 6) is 0.697. The molecule has 1 atom stereocenters. The number of hydrogen-bond acceptors (Lipinski definition) is 1. The van der Waals surface area contributed by atoms with Crippen LogP contribution in [0, 0.1) is 5.92 Å². The molecule has 0 saturated carbocycles. The second-order valence-corrected chi connectivity index (χ2v) is 5.36. The molecule has 0 spiro atoms. The number of carbonyl (C=O) groups excluding carboxylic acids is 1. The van der Waals surface area contributed by atoms with Gasteiger partial charge in [-0.3, -0.25) is 4.79 Å². The highest BCUT2D eigenvalue weighted by Gasteiger charge is 2.25. The molecule has 1 unspecified atom stereocenters. The predicted molar refractivity (Wildman–Crippen MR) is 70.4 cm³/mol. The van der Waals surface area contributed by atoms with Crippen LogP contribution in [0.2, 0.25) is 0 Å². The maximum absolute atomic E-state index is 12.2. The Kier molecular flexibility index (Phi) is 4.06. The van der Waals surface area contributed by atoms with Crippen LogP contribution in [0.25, 0.3) is 0 Å². The number of amides is 1. The Labute approximate surface area is 108 Å². The molecule has 1 saturated heterocycles. The van der Waals surface area contributed by atoms with Crippen LogP contribution in [0.1, 0.15) is 30.1 Å². The fraction of sp³-hybridized carbons (Fsp3) is 0.500. The number of alkyl halides is 1. The van der Waals surface area contributed by atoms with Gasteiger partial charge in [0.1, 0.15) is 0 Å². The third kappa shape index (κ3) is 3.01. The molecule has 17 heavy (non-hydrogen) atoms. The largest absolute Gasteiger partial charge is 0.339 e. The molecule has 92 valence electrons. The van der Waals surface area contributed by atoms with E-state index in [0.717, 1.165) is 31.5 Å². The van der Waals surface area contributed by atoms with E-state index in [2.05, 4.69) is 0 Å². The molecule has 0 radical (unpaired) electrons. The summed E-state index contributed by atoms with van der Waals surface area (Å²) in [6, 6.07) is 9.48. The quantitative estimate of drug-likeness (QED) is 0.740. The van der Waals surface area contributed by atoms with Crippen molar-refractivity contribution in [1.29, 1.82) is 0 Å². The summed E-state index contributed by atoms with van der Waals surface area (Å²) < 4.78 is 0. The van der Waals surface area contributed by atoms with E-state index in [-0.39, 0.29) is 11.3 Å². The minimum atomic E-state index is 0.145. The lowest BCUT2D eigenvalue weighted by atomic mass is 9.93. The van der Waals surface area contributed by atoms with E-state index in [1.807, 2.05) is 42.2 Å². The van der Waals surface area contributed by atoms with Crippen LogP contribution in [0.4, 0.5) is 0 Å². The molecule has 1 fully saturated rings. The van der Waals surface area contributed by atoms with Crippen LogP contribution in [-0.2, 0) is 0 Å². The fourth-order valence-corrected chi connectivity index (χ4v) is 2.58. The highest BCUT2D eigenvalue weighted by atomic mass is 35.5. The first-order valence-corrected chi connectivity index (χ1v) is 6.60. The monoisotopic (exact) mass is 251 g/mol. The number of rotatable bonds is 2. The van der Waals surface area contributed by atoms with Gasteiger partial charge >= 0.3 is 0 Å². The zero-order valence-corrected chi connectivity index (χ0v) is 10.9. The molecular formula is C14H18ClNO. The minimum absolute atomic E-state index is 0.145. The van der Waals surface area contributed by atoms with Crippen molar-refractivity contribution in [3.8, 4) is 0 Å². The summed E-state index contributed by atoms with van der Waals surface area (Å²) >= 11 is 6.10. The molecule has 3 heteroatoms. The van der Waals surface area contributed by atoms with Gasteiger partial charge in [-0.25, -0.2) is 0 Å². The molecule has 0 aromatic heterocycles. The second kappa shape index (κ2) is 5.54. The van der Waals surface area contributed by atoms with Crippen molar-refractivity contribution in [2.75, 3.05) is 13.1 Å². The SMILES string of the molecule is CC(Cl)C1CCN(C(=O)c2ccccc2)CC1. The number of nitrogens with zero attached hydrogens (tertiary/aromatic N) is 1. The van der Waals surface area contributed by atoms with Crippen molar-refractivity contribution in [3.05, 3.63) is 35.9 Å². The Balaban J connectivity index is 1.95. The topological polar surface area (TPSA) is 20.3 Å². The minimum Gasteiger partial charge on any atom is -0.339 e. The lowest BCUT2D eigenvalue weighted by molar-refractivity contribution is 0.0690. The highest BCUT2D eigenvalue weighted by Crippen LogP contribution is 2.24. The van der Waals surface area contributed by atoms with Crippen LogP contribution < -0.4 is 0 Å². The van der Waals surface area contributed by atoms with Crippen molar-refractivity contribution >= 4 is 17.5 Å². The molecule has 1 heterocycles. The molecular weight excluding hydrogens is 234 g/mol. The number of likely N-dealkylation sites (tertiary alicyclic amines) is 1. The van der Waals surface area contributed by atoms with Gasteiger partial charge in [-0.2, -0.15) is 0 Å². The molecule has 0 aliphatic carbocycles. The van der Waals surface area contributed by atoms with E-state index < -0.39 is 0 Å². The summed E-state index contributed by atoms with van der Waals surface area (Å²) in [6.07, 6.45) is 2.03. The molecule has 1 aliphatic rings. The zero-order valence-electron chi connectivity index (χ0n) is 10.1. The number of hydrogen-bond donors (Lipinski definition) is 0. The Bertz CT molecular complexity index is 369. The van der Waals surface area contributed by atoms with Gasteiger partial charge in [0.05, 0.1) is 0 Å².